The van der Waals surface area contributed by atoms with E-state index in [9.17, 15) is 35.4 Å². The molecule has 1 saturated carbocycles. The Morgan fingerprint density at radius 3 is 2.11 bits per heavy atom. The van der Waals surface area contributed by atoms with Gasteiger partial charge in [-0.3, -0.25) is 4.90 Å². The van der Waals surface area contributed by atoms with Crippen molar-refractivity contribution in [3.8, 4) is 0 Å². The molecule has 0 bridgehead atoms. The van der Waals surface area contributed by atoms with Crippen LogP contribution >= 0.6 is 0 Å². The van der Waals surface area contributed by atoms with Crippen LogP contribution in [-0.4, -0.2) is 142 Å². The fraction of sp³-hybridized carbons (Fsp3) is 0.658. The summed E-state index contributed by atoms with van der Waals surface area (Å²) in [6, 6.07) is 17.9. The maximum Gasteiger partial charge on any atom is 0.410 e. The van der Waals surface area contributed by atoms with Crippen LogP contribution in [0.3, 0.4) is 0 Å². The van der Waals surface area contributed by atoms with Crippen LogP contribution < -0.4 is 0 Å². The molecule has 1 amide bonds. The third kappa shape index (κ3) is 8.76. The van der Waals surface area contributed by atoms with Crippen molar-refractivity contribution in [2.24, 2.45) is 11.8 Å². The molecule has 7 rings (SSSR count). The summed E-state index contributed by atoms with van der Waals surface area (Å²) >= 11 is 0. The lowest BCUT2D eigenvalue weighted by atomic mass is 9.76. The minimum Gasteiger partial charge on any atom is -0.441 e. The van der Waals surface area contributed by atoms with Crippen LogP contribution in [0.25, 0.3) is 0 Å². The molecule has 16 nitrogen and oxygen atoms in total. The number of aliphatic hydroxyl groups is 6. The van der Waals surface area contributed by atoms with Gasteiger partial charge < -0.3 is 68.5 Å². The van der Waals surface area contributed by atoms with Crippen LogP contribution in [-0.2, 0) is 51.1 Å². The average molecular weight is 762 g/mol. The van der Waals surface area contributed by atoms with Gasteiger partial charge in [-0.1, -0.05) is 60.7 Å². The topological polar surface area (TPSA) is 216 Å². The van der Waals surface area contributed by atoms with Gasteiger partial charge in [0.2, 0.25) is 0 Å². The van der Waals surface area contributed by atoms with Gasteiger partial charge in [0.05, 0.1) is 50.3 Å². The van der Waals surface area contributed by atoms with E-state index in [1.807, 2.05) is 60.7 Å². The molecule has 2 aromatic carbocycles. The van der Waals surface area contributed by atoms with Crippen LogP contribution in [0.4, 0.5) is 4.79 Å². The third-order valence-corrected chi connectivity index (χ3v) is 11.1. The summed E-state index contributed by atoms with van der Waals surface area (Å²) in [7, 11) is 1.52. The molecule has 0 radical (unpaired) electrons. The first kappa shape index (κ1) is 39.4. The van der Waals surface area contributed by atoms with Gasteiger partial charge in [0.1, 0.15) is 18.2 Å². The Morgan fingerprint density at radius 2 is 1.44 bits per heavy atom. The molecule has 2 aromatic rings. The summed E-state index contributed by atoms with van der Waals surface area (Å²) in [5, 5.41) is 64.6. The number of rotatable bonds is 13. The van der Waals surface area contributed by atoms with Gasteiger partial charge in [0, 0.05) is 31.7 Å². The van der Waals surface area contributed by atoms with E-state index < -0.39 is 111 Å². The zero-order valence-electron chi connectivity index (χ0n) is 30.0. The van der Waals surface area contributed by atoms with Crippen LogP contribution in [0.1, 0.15) is 43.2 Å². The Kier molecular flexibility index (Phi) is 12.8. The van der Waals surface area contributed by atoms with E-state index in [1.54, 1.807) is 0 Å². The minimum absolute atomic E-state index is 0.0204. The van der Waals surface area contributed by atoms with Crippen LogP contribution in [0.2, 0.25) is 0 Å². The maximum atomic E-state index is 12.9. The third-order valence-electron chi connectivity index (χ3n) is 11.1. The SMILES string of the molecule is CN1C(=O)OC2C3O[C@H](O[C@@H]4C(C(O)OCc5ccccc5)C[C@H](C(O)OCc5ccccc5)C[C@H]4O)CC[C@@H]3OC(O[C@H]3OC(CO)C[C@H](O)C3O)C21. The molecule has 9 unspecified atom stereocenters. The van der Waals surface area contributed by atoms with E-state index >= 15 is 0 Å². The zero-order valence-corrected chi connectivity index (χ0v) is 30.0. The highest BCUT2D eigenvalue weighted by Crippen LogP contribution is 2.42. The number of ether oxygens (including phenoxy) is 8. The van der Waals surface area contributed by atoms with Crippen molar-refractivity contribution < 1.29 is 73.3 Å². The van der Waals surface area contributed by atoms with Crippen molar-refractivity contribution in [3.63, 3.8) is 0 Å². The quantitative estimate of drug-likeness (QED) is 0.155. The molecule has 6 N–H and O–H groups in total. The molecular weight excluding hydrogens is 710 g/mol. The van der Waals surface area contributed by atoms with Gasteiger partial charge in [0.15, 0.2) is 37.6 Å². The minimum atomic E-state index is -1.42. The van der Waals surface area contributed by atoms with Crippen molar-refractivity contribution in [2.45, 2.75) is 132 Å². The van der Waals surface area contributed by atoms with E-state index in [-0.39, 0.29) is 32.5 Å². The second-order valence-corrected chi connectivity index (χ2v) is 14.8. The van der Waals surface area contributed by atoms with Gasteiger partial charge in [-0.25, -0.2) is 4.79 Å². The van der Waals surface area contributed by atoms with Crippen molar-refractivity contribution >= 4 is 6.09 Å². The molecule has 16 atom stereocenters. The molecular formula is C38H51NO15. The summed E-state index contributed by atoms with van der Waals surface area (Å²) in [5.74, 6) is -1.33. The standard InChI is InChI=1S/C38H51NO15/c1-39-29-33(53-38(39)46)32-27(50-36(29)54-37-30(43)25(41)16-23(17-40)49-37)12-13-28(52-32)51-31-24(35(45)48-19-21-10-6-3-7-11-21)14-22(15-26(31)42)34(44)47-18-20-8-4-2-5-9-20/h2-11,22-37,40-45H,12-19H2,1H3/t22-,23?,24?,25-,26+,27-,28-,29?,30?,31+,32?,33?,34?,35?,36?,37+/m0/s1. The van der Waals surface area contributed by atoms with E-state index in [0.717, 1.165) is 11.1 Å². The largest absolute Gasteiger partial charge is 0.441 e. The lowest BCUT2D eigenvalue weighted by Gasteiger charge is -2.49. The summed E-state index contributed by atoms with van der Waals surface area (Å²) < 4.78 is 48.3. The number of hydrogen-bond acceptors (Lipinski definition) is 15. The fourth-order valence-electron chi connectivity index (χ4n) is 8.14. The molecule has 4 aliphatic heterocycles. The average Bonchev–Trinajstić information content (AvgIpc) is 3.49. The summed E-state index contributed by atoms with van der Waals surface area (Å²) in [6.07, 6.45) is -13.4. The predicted molar refractivity (Wildman–Crippen MR) is 183 cm³/mol. The number of fused-ring (bicyclic) bond motifs is 3. The molecule has 5 fully saturated rings. The summed E-state index contributed by atoms with van der Waals surface area (Å²) in [6.45, 7) is -0.119. The second-order valence-electron chi connectivity index (χ2n) is 14.8. The van der Waals surface area contributed by atoms with E-state index in [0.29, 0.717) is 12.8 Å². The highest BCUT2D eigenvalue weighted by Gasteiger charge is 2.59. The lowest BCUT2D eigenvalue weighted by molar-refractivity contribution is -0.370. The number of benzene rings is 2. The summed E-state index contributed by atoms with van der Waals surface area (Å²) in [4.78, 5) is 14.2. The Labute approximate surface area is 313 Å². The first-order chi connectivity index (χ1) is 26.1. The van der Waals surface area contributed by atoms with E-state index in [1.165, 1.54) is 11.9 Å². The normalized spacial score (nSPS) is 39.3. The Bertz CT molecular complexity index is 1490. The molecule has 54 heavy (non-hydrogen) atoms. The molecule has 298 valence electrons. The monoisotopic (exact) mass is 761 g/mol. The first-order valence-corrected chi connectivity index (χ1v) is 18.6. The molecule has 1 aliphatic carbocycles. The number of amides is 1. The molecule has 4 heterocycles. The second kappa shape index (κ2) is 17.5. The van der Waals surface area contributed by atoms with Gasteiger partial charge in [0.25, 0.3) is 0 Å². The highest BCUT2D eigenvalue weighted by molar-refractivity contribution is 5.70. The van der Waals surface area contributed by atoms with E-state index in [2.05, 4.69) is 0 Å². The van der Waals surface area contributed by atoms with Gasteiger partial charge in [-0.05, 0) is 30.4 Å². The number of carbonyl (C=O) groups is 1. The number of nitrogens with zero attached hydrogens (tertiary/aromatic N) is 1. The van der Waals surface area contributed by atoms with Crippen molar-refractivity contribution in [1.29, 1.82) is 0 Å². The number of aliphatic hydroxyl groups excluding tert-OH is 6. The molecule has 4 saturated heterocycles. The first-order valence-electron chi connectivity index (χ1n) is 18.6. The zero-order chi connectivity index (χ0) is 37.9. The number of likely N-dealkylation sites (N-methyl/N-ethyl adjacent to an activating group) is 1. The molecule has 5 aliphatic rings. The molecule has 16 heteroatoms. The van der Waals surface area contributed by atoms with Crippen LogP contribution in [0.5, 0.6) is 0 Å². The number of hydrogen-bond donors (Lipinski definition) is 6. The van der Waals surface area contributed by atoms with Gasteiger partial charge >= 0.3 is 6.09 Å². The molecule has 0 spiro atoms. The predicted octanol–water partition coefficient (Wildman–Crippen LogP) is 0.724. The molecule has 0 aromatic heterocycles. The Hall–Kier alpha value is -2.81. The Morgan fingerprint density at radius 1 is 0.778 bits per heavy atom. The van der Waals surface area contributed by atoms with Crippen molar-refractivity contribution in [1.82, 2.24) is 4.90 Å². The van der Waals surface area contributed by atoms with Crippen molar-refractivity contribution in [3.05, 3.63) is 71.8 Å². The highest BCUT2D eigenvalue weighted by atomic mass is 16.8. The van der Waals surface area contributed by atoms with Crippen LogP contribution in [0, 0.1) is 11.8 Å². The van der Waals surface area contributed by atoms with Gasteiger partial charge in [-0.2, -0.15) is 0 Å². The maximum absolute atomic E-state index is 12.9. The van der Waals surface area contributed by atoms with Crippen molar-refractivity contribution in [2.75, 3.05) is 13.7 Å². The van der Waals surface area contributed by atoms with E-state index in [4.69, 9.17) is 37.9 Å². The lowest BCUT2D eigenvalue weighted by Crippen LogP contribution is -2.64. The number of carbonyl (C=O) groups excluding carboxylic acids is 1. The van der Waals surface area contributed by atoms with Crippen LogP contribution in [0.15, 0.2) is 60.7 Å². The fourth-order valence-corrected chi connectivity index (χ4v) is 8.14. The summed E-state index contributed by atoms with van der Waals surface area (Å²) in [5.41, 5.74) is 1.72. The smallest absolute Gasteiger partial charge is 0.410 e. The van der Waals surface area contributed by atoms with Gasteiger partial charge in [-0.15, -0.1) is 0 Å². The Balaban J connectivity index is 1.03.